The quantitative estimate of drug-likeness (QED) is 0.0899. The summed E-state index contributed by atoms with van der Waals surface area (Å²) in [6.45, 7) is -0.835. The van der Waals surface area contributed by atoms with Gasteiger partial charge >= 0.3 is 0 Å². The van der Waals surface area contributed by atoms with Crippen LogP contribution < -0.4 is 16.4 Å². The van der Waals surface area contributed by atoms with E-state index in [1.807, 2.05) is 0 Å². The molecule has 0 spiro atoms. The second kappa shape index (κ2) is 14.7. The molecule has 11 nitrogen and oxygen atoms in total. The number of aliphatic hydroxyl groups excluding tert-OH is 2. The Hall–Kier alpha value is -4.61. The van der Waals surface area contributed by atoms with Gasteiger partial charge in [-0.15, -0.1) is 0 Å². The molecule has 0 bridgehead atoms. The van der Waals surface area contributed by atoms with Crippen LogP contribution in [0.15, 0.2) is 75.4 Å². The molecule has 6 aromatic rings. The highest BCUT2D eigenvalue weighted by Gasteiger charge is 2.20. The fraction of sp³-hybridized carbons (Fsp3) is 0.133. The zero-order valence-corrected chi connectivity index (χ0v) is 26.7. The molecule has 18 heteroatoms. The van der Waals surface area contributed by atoms with E-state index < -0.39 is 65.0 Å². The third-order valence-corrected chi connectivity index (χ3v) is 7.79. The first-order valence-corrected chi connectivity index (χ1v) is 15.6. The summed E-state index contributed by atoms with van der Waals surface area (Å²) in [4.78, 5) is 40.8. The number of pyridine rings is 2. The summed E-state index contributed by atoms with van der Waals surface area (Å²) in [5.74, 6) is -3.75. The number of fused-ring (bicyclic) bond motifs is 2. The first kappa shape index (κ1) is 34.7. The molecule has 3 N–H and O–H groups in total. The number of aliphatic hydroxyl groups is 2. The lowest BCUT2D eigenvalue weighted by Crippen LogP contribution is -2.29. The van der Waals surface area contributed by atoms with E-state index >= 15 is 0 Å². The van der Waals surface area contributed by atoms with Gasteiger partial charge in [0.25, 0.3) is 11.1 Å². The van der Waals surface area contributed by atoms with Crippen LogP contribution in [0.1, 0.15) is 0 Å². The normalized spacial score (nSPS) is 11.2. The van der Waals surface area contributed by atoms with E-state index in [4.69, 9.17) is 33.4 Å². The predicted octanol–water partition coefficient (Wildman–Crippen LogP) is 4.91. The van der Waals surface area contributed by atoms with Gasteiger partial charge in [0.2, 0.25) is 5.95 Å². The molecule has 0 aliphatic carbocycles. The minimum Gasteiger partial charge on any atom is -0.394 e. The molecule has 248 valence electrons. The maximum absolute atomic E-state index is 14.2. The molecule has 48 heavy (non-hydrogen) atoms. The molecule has 0 saturated carbocycles. The maximum atomic E-state index is 14.2. The van der Waals surface area contributed by atoms with Crippen molar-refractivity contribution in [1.29, 1.82) is 0 Å². The SMILES string of the molecule is CSc1nc(Cl)c2ccc(=O)n(-c3c(F)cccc3F)c2n1.O=c1ccc2c(Cl)nc(NC(CO)CO)nc2n1-c1c(F)cccc1F. The van der Waals surface area contributed by atoms with Crippen LogP contribution in [-0.4, -0.2) is 64.8 Å². The molecule has 0 amide bonds. The second-order valence-corrected chi connectivity index (χ2v) is 11.2. The van der Waals surface area contributed by atoms with Gasteiger partial charge in [-0.2, -0.15) is 4.98 Å². The number of thioether (sulfide) groups is 1. The van der Waals surface area contributed by atoms with Gasteiger partial charge < -0.3 is 15.5 Å². The first-order chi connectivity index (χ1) is 23.0. The van der Waals surface area contributed by atoms with E-state index in [1.165, 1.54) is 42.1 Å². The third kappa shape index (κ3) is 6.84. The van der Waals surface area contributed by atoms with Gasteiger partial charge in [-0.05, 0) is 42.7 Å². The van der Waals surface area contributed by atoms with Crippen LogP contribution in [0.3, 0.4) is 0 Å². The van der Waals surface area contributed by atoms with E-state index in [2.05, 4.69) is 25.3 Å². The van der Waals surface area contributed by atoms with Gasteiger partial charge in [-0.25, -0.2) is 32.5 Å². The van der Waals surface area contributed by atoms with Gasteiger partial charge in [0, 0.05) is 12.1 Å². The molecule has 4 aromatic heterocycles. The zero-order chi connectivity index (χ0) is 34.7. The first-order valence-electron chi connectivity index (χ1n) is 13.6. The number of hydrogen-bond donors (Lipinski definition) is 3. The largest absolute Gasteiger partial charge is 0.394 e. The topological polar surface area (TPSA) is 148 Å². The average molecular weight is 723 g/mol. The molecule has 0 radical (unpaired) electrons. The van der Waals surface area contributed by atoms with Gasteiger partial charge in [-0.3, -0.25) is 18.7 Å². The van der Waals surface area contributed by atoms with Crippen LogP contribution in [0.4, 0.5) is 23.5 Å². The van der Waals surface area contributed by atoms with Crippen molar-refractivity contribution < 1.29 is 27.8 Å². The van der Waals surface area contributed by atoms with Gasteiger partial charge in [0.05, 0.1) is 30.0 Å². The number of para-hydroxylation sites is 2. The summed E-state index contributed by atoms with van der Waals surface area (Å²) >= 11 is 13.4. The number of benzene rings is 2. The zero-order valence-electron chi connectivity index (χ0n) is 24.3. The Labute approximate surface area is 281 Å². The van der Waals surface area contributed by atoms with Gasteiger partial charge in [0.1, 0.15) is 44.9 Å². The second-order valence-electron chi connectivity index (χ2n) is 9.67. The van der Waals surface area contributed by atoms with Crippen molar-refractivity contribution in [3.63, 3.8) is 0 Å². The minimum atomic E-state index is -0.951. The lowest BCUT2D eigenvalue weighted by molar-refractivity contribution is 0.203. The Kier molecular flexibility index (Phi) is 10.6. The number of nitrogens with one attached hydrogen (secondary N) is 1. The molecule has 6 rings (SSSR count). The molecule has 0 aliphatic heterocycles. The van der Waals surface area contributed by atoms with E-state index in [9.17, 15) is 27.2 Å². The summed E-state index contributed by atoms with van der Waals surface area (Å²) in [5, 5.41) is 21.8. The van der Waals surface area contributed by atoms with Crippen molar-refractivity contribution in [3.8, 4) is 11.4 Å². The Morgan fingerprint density at radius 3 is 1.58 bits per heavy atom. The molecule has 4 heterocycles. The highest BCUT2D eigenvalue weighted by molar-refractivity contribution is 7.98. The van der Waals surface area contributed by atoms with Gasteiger partial charge in [0.15, 0.2) is 16.5 Å². The molecule has 0 fully saturated rings. The number of hydrogen-bond acceptors (Lipinski definition) is 10. The van der Waals surface area contributed by atoms with Gasteiger partial charge in [-0.1, -0.05) is 47.1 Å². The van der Waals surface area contributed by atoms with Crippen molar-refractivity contribution in [3.05, 3.63) is 115 Å². The number of anilines is 1. The number of rotatable bonds is 7. The summed E-state index contributed by atoms with van der Waals surface area (Å²) in [6, 6.07) is 10.8. The highest BCUT2D eigenvalue weighted by atomic mass is 35.5. The van der Waals surface area contributed by atoms with Crippen molar-refractivity contribution >= 4 is 63.0 Å². The fourth-order valence-electron chi connectivity index (χ4n) is 4.46. The summed E-state index contributed by atoms with van der Waals surface area (Å²) in [7, 11) is 0. The van der Waals surface area contributed by atoms with E-state index in [-0.39, 0.29) is 32.9 Å². The Bertz CT molecular complexity index is 2250. The van der Waals surface area contributed by atoms with Crippen LogP contribution in [-0.2, 0) is 0 Å². The molecular weight excluding hydrogens is 701 g/mol. The summed E-state index contributed by atoms with van der Waals surface area (Å²) in [6.07, 6.45) is 1.73. The van der Waals surface area contributed by atoms with Crippen LogP contribution in [0, 0.1) is 23.3 Å². The Morgan fingerprint density at radius 2 is 1.15 bits per heavy atom. The minimum absolute atomic E-state index is 0.0563. The van der Waals surface area contributed by atoms with Crippen LogP contribution in [0.5, 0.6) is 0 Å². The molecule has 0 saturated heterocycles. The molecule has 0 atom stereocenters. The lowest BCUT2D eigenvalue weighted by atomic mass is 10.2. The highest BCUT2D eigenvalue weighted by Crippen LogP contribution is 2.27. The molecule has 0 unspecified atom stereocenters. The lowest BCUT2D eigenvalue weighted by Gasteiger charge is -2.16. The van der Waals surface area contributed by atoms with E-state index in [0.717, 1.165) is 39.5 Å². The van der Waals surface area contributed by atoms with Crippen LogP contribution in [0.25, 0.3) is 33.4 Å². The van der Waals surface area contributed by atoms with E-state index in [1.54, 1.807) is 6.26 Å². The summed E-state index contributed by atoms with van der Waals surface area (Å²) in [5.41, 5.74) is -2.48. The fourth-order valence-corrected chi connectivity index (χ4v) is 5.33. The van der Waals surface area contributed by atoms with Crippen molar-refractivity contribution in [2.45, 2.75) is 11.2 Å². The number of aromatic nitrogens is 6. The molecule has 2 aromatic carbocycles. The molecular formula is C30H21Cl2F4N7O4S. The maximum Gasteiger partial charge on any atom is 0.256 e. The third-order valence-electron chi connectivity index (χ3n) is 6.67. The average Bonchev–Trinajstić information content (AvgIpc) is 3.05. The van der Waals surface area contributed by atoms with Crippen molar-refractivity contribution in [2.75, 3.05) is 24.8 Å². The number of halogens is 6. The monoisotopic (exact) mass is 721 g/mol. The summed E-state index contributed by atoms with van der Waals surface area (Å²) < 4.78 is 58.1. The van der Waals surface area contributed by atoms with Crippen LogP contribution in [0.2, 0.25) is 10.3 Å². The predicted molar refractivity (Wildman–Crippen MR) is 173 cm³/mol. The Balaban J connectivity index is 0.000000190. The molecule has 0 aliphatic rings. The Morgan fingerprint density at radius 1 is 0.708 bits per heavy atom. The van der Waals surface area contributed by atoms with Crippen molar-refractivity contribution in [2.24, 2.45) is 0 Å². The number of nitrogens with zero attached hydrogens (tertiary/aromatic N) is 6. The standard InChI is InChI=1S/C16H13ClF2N4O3.C14H8ClF2N3OS/c17-14-9-4-5-12(26)23(13-10(18)2-1-3-11(13)19)15(9)22-16(21-14)20-8(6-24)7-25;1-22-14-18-12(15)7-5-6-10(21)20(13(7)19-14)11-8(16)3-2-4-9(11)17/h1-5,8,24-25H,6-7H2,(H,20,21,22);2-6H,1H3. The smallest absolute Gasteiger partial charge is 0.256 e. The van der Waals surface area contributed by atoms with Crippen LogP contribution >= 0.6 is 35.0 Å². The van der Waals surface area contributed by atoms with Crippen molar-refractivity contribution in [1.82, 2.24) is 29.1 Å². The van der Waals surface area contributed by atoms with E-state index in [0.29, 0.717) is 10.5 Å².